The Bertz CT molecular complexity index is 637. The number of hydrogen-bond donors (Lipinski definition) is 0. The lowest BCUT2D eigenvalue weighted by Gasteiger charge is -2.06. The zero-order valence-electron chi connectivity index (χ0n) is 11.5. The first-order valence-corrected chi connectivity index (χ1v) is 6.06. The number of hydrogen-bond acceptors (Lipinski definition) is 5. The van der Waals surface area contributed by atoms with Crippen LogP contribution in [0.25, 0.3) is 0 Å². The van der Waals surface area contributed by atoms with Crippen molar-refractivity contribution < 1.29 is 45.5 Å². The molecule has 0 fully saturated rings. The Morgan fingerprint density at radius 3 is 1.38 bits per heavy atom. The second-order valence-corrected chi connectivity index (χ2v) is 4.45. The van der Waals surface area contributed by atoms with Gasteiger partial charge in [-0.2, -0.15) is 26.3 Å². The number of aromatic nitrogens is 1. The van der Waals surface area contributed by atoms with Crippen LogP contribution in [0.4, 0.5) is 26.3 Å². The second kappa shape index (κ2) is 6.89. The van der Waals surface area contributed by atoms with Gasteiger partial charge in [0.15, 0.2) is 11.6 Å². The van der Waals surface area contributed by atoms with Crippen LogP contribution in [0, 0.1) is 0 Å². The summed E-state index contributed by atoms with van der Waals surface area (Å²) >= 11 is 0. The molecule has 24 heavy (non-hydrogen) atoms. The first-order chi connectivity index (χ1) is 10.8. The van der Waals surface area contributed by atoms with Crippen molar-refractivity contribution in [3.8, 4) is 0 Å². The molecule has 0 saturated heterocycles. The summed E-state index contributed by atoms with van der Waals surface area (Å²) in [6.45, 7) is 0. The molecule has 1 aromatic heterocycles. The highest BCUT2D eigenvalue weighted by atomic mass is 19.4. The maximum atomic E-state index is 12.1. The fraction of sp³-hybridized carbons (Fsp3) is 0.308. The van der Waals surface area contributed by atoms with Crippen LogP contribution in [-0.4, -0.2) is 40.5 Å². The van der Waals surface area contributed by atoms with Gasteiger partial charge in [0.05, 0.1) is 12.8 Å². The van der Waals surface area contributed by atoms with Crippen LogP contribution in [0.15, 0.2) is 18.2 Å². The Kier molecular flexibility index (Phi) is 5.58. The number of alkyl halides is 6. The quantitative estimate of drug-likeness (QED) is 0.445. The summed E-state index contributed by atoms with van der Waals surface area (Å²) in [6, 6.07) is 2.74. The van der Waals surface area contributed by atoms with Gasteiger partial charge in [0.25, 0.3) is 0 Å². The topological polar surface area (TPSA) is 81.2 Å². The minimum absolute atomic E-state index is 0.710. The lowest BCUT2D eigenvalue weighted by Crippen LogP contribution is -2.26. The molecule has 0 aliphatic carbocycles. The van der Waals surface area contributed by atoms with Crippen molar-refractivity contribution >= 4 is 23.1 Å². The Hall–Kier alpha value is -2.59. The highest BCUT2D eigenvalue weighted by Gasteiger charge is 2.40. The standard InChI is InChI=1S/C13H7F6NO4/c14-12(15,16)10(23)4-8(21)6-2-1-3-7(20-6)9(22)5-11(24)13(17,18)19/h1-3H,4-5H2. The van der Waals surface area contributed by atoms with Gasteiger partial charge in [-0.25, -0.2) is 4.98 Å². The molecule has 0 radical (unpaired) electrons. The SMILES string of the molecule is O=C(CC(=O)C(F)(F)F)c1cccc(C(=O)CC(=O)C(F)(F)F)n1. The zero-order chi connectivity index (χ0) is 18.7. The Labute approximate surface area is 129 Å². The van der Waals surface area contributed by atoms with E-state index in [1.807, 2.05) is 0 Å². The molecule has 0 unspecified atom stereocenters. The van der Waals surface area contributed by atoms with Crippen LogP contribution in [0.2, 0.25) is 0 Å². The van der Waals surface area contributed by atoms with Crippen molar-refractivity contribution in [1.82, 2.24) is 4.98 Å². The summed E-state index contributed by atoms with van der Waals surface area (Å²) in [7, 11) is 0. The largest absolute Gasteiger partial charge is 0.450 e. The Morgan fingerprint density at radius 2 is 1.08 bits per heavy atom. The van der Waals surface area contributed by atoms with Crippen LogP contribution in [0.5, 0.6) is 0 Å². The molecule has 0 bridgehead atoms. The monoisotopic (exact) mass is 355 g/mol. The highest BCUT2D eigenvalue weighted by Crippen LogP contribution is 2.20. The lowest BCUT2D eigenvalue weighted by atomic mass is 10.1. The van der Waals surface area contributed by atoms with Crippen LogP contribution in [0.1, 0.15) is 33.8 Å². The third kappa shape index (κ3) is 5.25. The first kappa shape index (κ1) is 19.5. The van der Waals surface area contributed by atoms with Crippen molar-refractivity contribution in [2.75, 3.05) is 0 Å². The number of ketones is 4. The molecule has 0 aliphatic rings. The van der Waals surface area contributed by atoms with Gasteiger partial charge < -0.3 is 0 Å². The van der Waals surface area contributed by atoms with Gasteiger partial charge in [-0.1, -0.05) is 6.07 Å². The predicted octanol–water partition coefficient (Wildman–Crippen LogP) is 2.49. The summed E-state index contributed by atoms with van der Waals surface area (Å²) in [5, 5.41) is 0. The number of Topliss-reactive ketones (excluding diaryl/α,β-unsaturated/α-hetero) is 4. The van der Waals surface area contributed by atoms with Crippen molar-refractivity contribution in [2.45, 2.75) is 25.2 Å². The molecule has 130 valence electrons. The number of halogens is 6. The Morgan fingerprint density at radius 1 is 0.750 bits per heavy atom. The molecule has 0 atom stereocenters. The predicted molar refractivity (Wildman–Crippen MR) is 64.3 cm³/mol. The van der Waals surface area contributed by atoms with E-state index in [1.54, 1.807) is 0 Å². The van der Waals surface area contributed by atoms with Gasteiger partial charge in [-0.05, 0) is 12.1 Å². The number of nitrogens with zero attached hydrogens (tertiary/aromatic N) is 1. The number of carbonyl (C=O) groups excluding carboxylic acids is 4. The molecule has 5 nitrogen and oxygen atoms in total. The molecular formula is C13H7F6NO4. The van der Waals surface area contributed by atoms with Crippen LogP contribution in [-0.2, 0) is 9.59 Å². The molecule has 0 spiro atoms. The van der Waals surface area contributed by atoms with Gasteiger partial charge >= 0.3 is 12.4 Å². The fourth-order valence-electron chi connectivity index (χ4n) is 1.42. The lowest BCUT2D eigenvalue weighted by molar-refractivity contribution is -0.170. The van der Waals surface area contributed by atoms with E-state index in [2.05, 4.69) is 4.98 Å². The molecule has 0 saturated carbocycles. The fourth-order valence-corrected chi connectivity index (χ4v) is 1.42. The molecule has 0 N–H and O–H groups in total. The minimum Gasteiger partial charge on any atom is -0.292 e. The van der Waals surface area contributed by atoms with E-state index in [0.29, 0.717) is 0 Å². The van der Waals surface area contributed by atoms with Crippen molar-refractivity contribution in [3.63, 3.8) is 0 Å². The number of carbonyl (C=O) groups is 4. The van der Waals surface area contributed by atoms with Gasteiger partial charge in [0.2, 0.25) is 11.6 Å². The van der Waals surface area contributed by atoms with E-state index in [4.69, 9.17) is 0 Å². The molecule has 1 aromatic rings. The highest BCUT2D eigenvalue weighted by molar-refractivity contribution is 6.11. The van der Waals surface area contributed by atoms with Crippen LogP contribution < -0.4 is 0 Å². The third-order valence-electron chi connectivity index (χ3n) is 2.60. The smallest absolute Gasteiger partial charge is 0.292 e. The van der Waals surface area contributed by atoms with E-state index in [0.717, 1.165) is 18.2 Å². The number of rotatable bonds is 6. The van der Waals surface area contributed by atoms with E-state index in [1.165, 1.54) is 0 Å². The average molecular weight is 355 g/mol. The average Bonchev–Trinajstić information content (AvgIpc) is 2.45. The molecular weight excluding hydrogens is 348 g/mol. The van der Waals surface area contributed by atoms with Gasteiger partial charge in [-0.15, -0.1) is 0 Å². The maximum Gasteiger partial charge on any atom is 0.450 e. The molecule has 11 heteroatoms. The maximum absolute atomic E-state index is 12.1. The molecule has 1 rings (SSSR count). The summed E-state index contributed by atoms with van der Waals surface area (Å²) in [5.74, 6) is -7.40. The first-order valence-electron chi connectivity index (χ1n) is 6.06. The van der Waals surface area contributed by atoms with Crippen molar-refractivity contribution in [1.29, 1.82) is 0 Å². The van der Waals surface area contributed by atoms with Crippen molar-refractivity contribution in [3.05, 3.63) is 29.6 Å². The van der Waals surface area contributed by atoms with Gasteiger partial charge in [0, 0.05) is 0 Å². The molecule has 0 amide bonds. The van der Waals surface area contributed by atoms with Gasteiger partial charge in [-0.3, -0.25) is 19.2 Å². The summed E-state index contributed by atoms with van der Waals surface area (Å²) in [5.41, 5.74) is -1.42. The Balaban J connectivity index is 2.91. The van der Waals surface area contributed by atoms with E-state index >= 15 is 0 Å². The molecule has 0 aliphatic heterocycles. The van der Waals surface area contributed by atoms with E-state index in [-0.39, 0.29) is 0 Å². The third-order valence-corrected chi connectivity index (χ3v) is 2.60. The van der Waals surface area contributed by atoms with E-state index in [9.17, 15) is 45.5 Å². The number of pyridine rings is 1. The normalized spacial score (nSPS) is 11.9. The summed E-state index contributed by atoms with van der Waals surface area (Å²) < 4.78 is 72.4. The van der Waals surface area contributed by atoms with Crippen molar-refractivity contribution in [2.24, 2.45) is 0 Å². The van der Waals surface area contributed by atoms with Crippen LogP contribution >= 0.6 is 0 Å². The molecule has 0 aromatic carbocycles. The zero-order valence-corrected chi connectivity index (χ0v) is 11.5. The van der Waals surface area contributed by atoms with Crippen LogP contribution in [0.3, 0.4) is 0 Å². The van der Waals surface area contributed by atoms with E-state index < -0.39 is 59.7 Å². The minimum atomic E-state index is -5.23. The second-order valence-electron chi connectivity index (χ2n) is 4.45. The van der Waals surface area contributed by atoms with Gasteiger partial charge in [0.1, 0.15) is 11.4 Å². The molecule has 1 heterocycles. The summed E-state index contributed by atoms with van der Waals surface area (Å²) in [6.07, 6.45) is -13.6. The summed E-state index contributed by atoms with van der Waals surface area (Å²) in [4.78, 5) is 47.8.